The highest BCUT2D eigenvalue weighted by atomic mass is 127. The van der Waals surface area contributed by atoms with Crippen LogP contribution in [-0.2, 0) is 36.1 Å². The van der Waals surface area contributed by atoms with Gasteiger partial charge in [0.05, 0.1) is 41.4 Å². The van der Waals surface area contributed by atoms with Gasteiger partial charge >= 0.3 is 11.4 Å². The number of rotatable bonds is 6. The van der Waals surface area contributed by atoms with Crippen molar-refractivity contribution in [2.75, 3.05) is 14.2 Å². The molecule has 0 spiro atoms. The second-order valence-corrected chi connectivity index (χ2v) is 13.8. The van der Waals surface area contributed by atoms with Gasteiger partial charge in [-0.05, 0) is 45.2 Å². The summed E-state index contributed by atoms with van der Waals surface area (Å²) < 4.78 is 16.3. The van der Waals surface area contributed by atoms with E-state index < -0.39 is 23.3 Å². The summed E-state index contributed by atoms with van der Waals surface area (Å²) in [5.74, 6) is -0.337. The molecule has 1 aliphatic heterocycles. The molecule has 0 saturated heterocycles. The predicted octanol–water partition coefficient (Wildman–Crippen LogP) is 3.61. The summed E-state index contributed by atoms with van der Waals surface area (Å²) in [6.07, 6.45) is 3.21. The molecule has 0 amide bonds. The number of aryl methyl sites for hydroxylation is 2. The van der Waals surface area contributed by atoms with E-state index in [1.807, 2.05) is 40.8 Å². The lowest BCUT2D eigenvalue weighted by atomic mass is 9.68. The van der Waals surface area contributed by atoms with E-state index >= 15 is 0 Å². The molecule has 14 heteroatoms. The van der Waals surface area contributed by atoms with Crippen LogP contribution in [0.5, 0.6) is 17.2 Å². The van der Waals surface area contributed by atoms with E-state index in [9.17, 15) is 29.1 Å². The van der Waals surface area contributed by atoms with Crippen molar-refractivity contribution in [1.29, 1.82) is 0 Å². The quantitative estimate of drug-likeness (QED) is 0.154. The van der Waals surface area contributed by atoms with E-state index in [-0.39, 0.29) is 54.5 Å². The first-order valence-electron chi connectivity index (χ1n) is 16.2. The Morgan fingerprint density at radius 2 is 1.69 bits per heavy atom. The first-order chi connectivity index (χ1) is 24.5. The number of carbonyl (C=O) groups is 2. The summed E-state index contributed by atoms with van der Waals surface area (Å²) in [7, 11) is 4.61. The molecular formula is C37H30IN5O8. The lowest BCUT2D eigenvalue weighted by molar-refractivity contribution is -0.115. The average Bonchev–Trinajstić information content (AvgIpc) is 3.38. The Balaban J connectivity index is 1.22. The number of phenolic OH excluding ortho intramolecular Hbond substituents is 1. The number of aromatic nitrogens is 5. The molecule has 3 heterocycles. The number of fused-ring (bicyclic) bond motifs is 5. The largest absolute Gasteiger partial charge is 0.507 e. The van der Waals surface area contributed by atoms with Crippen molar-refractivity contribution in [3.63, 3.8) is 0 Å². The minimum absolute atomic E-state index is 0.00524. The zero-order valence-corrected chi connectivity index (χ0v) is 29.8. The Hall–Kier alpha value is -5.51. The van der Waals surface area contributed by atoms with Crippen LogP contribution in [0.25, 0.3) is 21.8 Å². The van der Waals surface area contributed by atoms with Gasteiger partial charge in [-0.25, -0.2) is 28.5 Å². The van der Waals surface area contributed by atoms with E-state index in [1.54, 1.807) is 43.4 Å². The number of ether oxygens (including phenoxy) is 2. The average molecular weight is 800 g/mol. The van der Waals surface area contributed by atoms with Crippen LogP contribution in [0.3, 0.4) is 0 Å². The number of phenols is 1. The number of allylic oxidation sites excluding steroid dienone is 6. The van der Waals surface area contributed by atoms with Crippen molar-refractivity contribution in [2.24, 2.45) is 7.05 Å². The van der Waals surface area contributed by atoms with Crippen molar-refractivity contribution in [3.05, 3.63) is 124 Å². The summed E-state index contributed by atoms with van der Waals surface area (Å²) in [5, 5.41) is 12.0. The molecule has 3 aromatic carbocycles. The number of carbonyl (C=O) groups excluding carboxylic acids is 2. The summed E-state index contributed by atoms with van der Waals surface area (Å²) in [6, 6.07) is 13.2. The highest BCUT2D eigenvalue weighted by Gasteiger charge is 2.45. The van der Waals surface area contributed by atoms with E-state index in [0.717, 1.165) is 4.57 Å². The van der Waals surface area contributed by atoms with Gasteiger partial charge in [-0.2, -0.15) is 0 Å². The minimum Gasteiger partial charge on any atom is -0.507 e. The third-order valence-electron chi connectivity index (χ3n) is 10.1. The van der Waals surface area contributed by atoms with Crippen molar-refractivity contribution < 1.29 is 24.2 Å². The number of benzene rings is 3. The fourth-order valence-corrected chi connectivity index (χ4v) is 8.28. The van der Waals surface area contributed by atoms with Crippen LogP contribution >= 0.6 is 22.6 Å². The van der Waals surface area contributed by atoms with Crippen LogP contribution in [-0.4, -0.2) is 54.4 Å². The Labute approximate surface area is 302 Å². The number of hydrogen-bond donors (Lipinski definition) is 1. The molecule has 0 bridgehead atoms. The van der Waals surface area contributed by atoms with Crippen LogP contribution in [0.1, 0.15) is 29.6 Å². The number of halogens is 1. The second kappa shape index (κ2) is 12.1. The maximum atomic E-state index is 14.2. The first kappa shape index (κ1) is 32.7. The number of aromatic hydroxyl groups is 1. The van der Waals surface area contributed by atoms with Crippen molar-refractivity contribution in [3.8, 4) is 17.2 Å². The van der Waals surface area contributed by atoms with Crippen LogP contribution < -0.4 is 26.4 Å². The molecule has 0 saturated carbocycles. The summed E-state index contributed by atoms with van der Waals surface area (Å²) in [4.78, 5) is 73.3. The number of nitrogens with zero attached hydrogens (tertiary/aromatic N) is 5. The van der Waals surface area contributed by atoms with Crippen LogP contribution in [0.4, 0.5) is 0 Å². The van der Waals surface area contributed by atoms with Gasteiger partial charge in [0.25, 0.3) is 5.56 Å². The van der Waals surface area contributed by atoms with Crippen molar-refractivity contribution >= 4 is 56.0 Å². The summed E-state index contributed by atoms with van der Waals surface area (Å²) in [6.45, 7) is -0.0686. The van der Waals surface area contributed by atoms with Gasteiger partial charge in [0.15, 0.2) is 23.1 Å². The lowest BCUT2D eigenvalue weighted by Crippen LogP contribution is -2.40. The van der Waals surface area contributed by atoms with Gasteiger partial charge in [-0.15, -0.1) is 0 Å². The minimum atomic E-state index is -0.744. The monoisotopic (exact) mass is 799 g/mol. The third kappa shape index (κ3) is 4.87. The molecule has 0 radical (unpaired) electrons. The van der Waals surface area contributed by atoms with E-state index in [1.165, 1.54) is 34.2 Å². The van der Waals surface area contributed by atoms with Crippen LogP contribution in [0, 0.1) is 0 Å². The molecule has 3 aliphatic rings. The fraction of sp³-hybridized carbons (Fsp3) is 0.243. The van der Waals surface area contributed by atoms with Crippen molar-refractivity contribution in [1.82, 2.24) is 23.5 Å². The van der Waals surface area contributed by atoms with Crippen molar-refractivity contribution in [2.45, 2.75) is 37.9 Å². The Morgan fingerprint density at radius 1 is 0.961 bits per heavy atom. The molecule has 0 fully saturated rings. The molecule has 2 aromatic heterocycles. The standard InChI is InChI=1S/C37H30IN5O8/c1-40-27-17-31(51-3)30(50-2)16-25(27)39-24(35(40)47)11-12-41-36(48)42-13-10-21-26(43(42)37(41)49)14-22-29(45)15-23(38)34(46)33(22)32(21)20-8-9-28(44)19-7-5-4-6-18(19)20/h4-10,15-17,26,32,44H,11-14H2,1-3H3/t26-,32+/m1/s1. The maximum absolute atomic E-state index is 14.2. The first-order valence-corrected chi connectivity index (χ1v) is 17.3. The van der Waals surface area contributed by atoms with E-state index in [4.69, 9.17) is 9.47 Å². The van der Waals surface area contributed by atoms with E-state index in [2.05, 4.69) is 4.98 Å². The lowest BCUT2D eigenvalue weighted by Gasteiger charge is -2.39. The van der Waals surface area contributed by atoms with Crippen LogP contribution in [0.2, 0.25) is 0 Å². The zero-order valence-electron chi connectivity index (χ0n) is 27.7. The Bertz CT molecular complexity index is 2670. The number of ketones is 2. The molecule has 1 N–H and O–H groups in total. The third-order valence-corrected chi connectivity index (χ3v) is 10.9. The number of hydrogen-bond acceptors (Lipinski definition) is 9. The Kier molecular flexibility index (Phi) is 7.74. The fourth-order valence-electron chi connectivity index (χ4n) is 7.71. The van der Waals surface area contributed by atoms with Gasteiger partial charge in [-0.3, -0.25) is 14.4 Å². The molecule has 2 atom stereocenters. The second-order valence-electron chi connectivity index (χ2n) is 12.7. The maximum Gasteiger partial charge on any atom is 0.347 e. The normalized spacial score (nSPS) is 18.4. The smallest absolute Gasteiger partial charge is 0.347 e. The van der Waals surface area contributed by atoms with Gasteiger partial charge < -0.3 is 19.1 Å². The van der Waals surface area contributed by atoms with Gasteiger partial charge in [0.1, 0.15) is 11.4 Å². The summed E-state index contributed by atoms with van der Waals surface area (Å²) >= 11 is 1.88. The van der Waals surface area contributed by atoms with E-state index in [0.29, 0.717) is 59.2 Å². The molecule has 5 aromatic rings. The van der Waals surface area contributed by atoms with Gasteiger partial charge in [-0.1, -0.05) is 36.4 Å². The molecule has 2 aliphatic carbocycles. The van der Waals surface area contributed by atoms with Gasteiger partial charge in [0, 0.05) is 67.1 Å². The highest BCUT2D eigenvalue weighted by Crippen LogP contribution is 2.51. The highest BCUT2D eigenvalue weighted by molar-refractivity contribution is 14.1. The van der Waals surface area contributed by atoms with Gasteiger partial charge in [0.2, 0.25) is 0 Å². The molecule has 0 unspecified atom stereocenters. The van der Waals surface area contributed by atoms with Crippen LogP contribution in [0.15, 0.2) is 95.4 Å². The molecule has 8 rings (SSSR count). The molecular weight excluding hydrogens is 769 g/mol. The molecule has 51 heavy (non-hydrogen) atoms. The zero-order chi connectivity index (χ0) is 35.9. The SMILES string of the molecule is COc1cc2nc(CCn3c(=O)n4n(c3=O)[C@@H]3CC5=C(C(=O)C(I)=CC5=O)[C@@H](c5ccc(O)c6ccccc56)C3=CC4)c(=O)n(C)c2cc1OC. The number of Topliss-reactive ketones (excluding diaryl/α,β-unsaturated/α-hetero) is 1. The summed E-state index contributed by atoms with van der Waals surface area (Å²) in [5.41, 5.74) is 1.68. The Morgan fingerprint density at radius 3 is 2.43 bits per heavy atom. The molecule has 258 valence electrons. The predicted molar refractivity (Wildman–Crippen MR) is 196 cm³/mol. The molecule has 13 nitrogen and oxygen atoms in total. The number of methoxy groups -OCH3 is 2. The topological polar surface area (TPSA) is 157 Å².